The molecule has 0 radical (unpaired) electrons. The lowest BCUT2D eigenvalue weighted by molar-refractivity contribution is -0.130. The van der Waals surface area contributed by atoms with Crippen molar-refractivity contribution in [3.63, 3.8) is 0 Å². The Morgan fingerprint density at radius 3 is 2.67 bits per heavy atom. The van der Waals surface area contributed by atoms with E-state index in [-0.39, 0.29) is 11.0 Å². The van der Waals surface area contributed by atoms with Crippen molar-refractivity contribution in [3.8, 4) is 0 Å². The van der Waals surface area contributed by atoms with Gasteiger partial charge < -0.3 is 10.6 Å². The average Bonchev–Trinajstić information content (AvgIpc) is 2.69. The molecule has 18 heavy (non-hydrogen) atoms. The van der Waals surface area contributed by atoms with Crippen molar-refractivity contribution < 1.29 is 9.59 Å². The number of carbonyl (C=O) groups is 2. The number of thioether (sulfide) groups is 1. The zero-order valence-corrected chi connectivity index (χ0v) is 11.7. The van der Waals surface area contributed by atoms with Gasteiger partial charge in [-0.3, -0.25) is 9.59 Å². The monoisotopic (exact) mass is 270 g/mol. The average molecular weight is 270 g/mol. The Morgan fingerprint density at radius 2 is 2.06 bits per heavy atom. The van der Waals surface area contributed by atoms with Crippen molar-refractivity contribution in [3.05, 3.63) is 0 Å². The molecule has 1 saturated heterocycles. The molecule has 2 rings (SSSR count). The van der Waals surface area contributed by atoms with Crippen LogP contribution in [-0.4, -0.2) is 40.3 Å². The molecular weight excluding hydrogens is 248 g/mol. The zero-order chi connectivity index (χ0) is 13.1. The molecule has 4 nitrogen and oxygen atoms in total. The van der Waals surface area contributed by atoms with Crippen LogP contribution in [-0.2, 0) is 9.59 Å². The Bertz CT molecular complexity index is 327. The van der Waals surface area contributed by atoms with E-state index in [4.69, 9.17) is 5.73 Å². The van der Waals surface area contributed by atoms with Crippen LogP contribution in [0.25, 0.3) is 0 Å². The highest BCUT2D eigenvalue weighted by molar-refractivity contribution is 8.13. The summed E-state index contributed by atoms with van der Waals surface area (Å²) in [5.74, 6) is 1.40. The summed E-state index contributed by atoms with van der Waals surface area (Å²) in [5, 5.41) is 0.143. The molecule has 102 valence electrons. The first-order valence-corrected chi connectivity index (χ1v) is 7.73. The quantitative estimate of drug-likeness (QED) is 0.841. The van der Waals surface area contributed by atoms with Crippen LogP contribution in [0.15, 0.2) is 0 Å². The van der Waals surface area contributed by atoms with Gasteiger partial charge in [-0.25, -0.2) is 0 Å². The maximum absolute atomic E-state index is 12.0. The SMILES string of the molecule is CC(=O)SCC1CC(=O)N(C2CCC(N)CC2)C1. The van der Waals surface area contributed by atoms with E-state index in [1.165, 1.54) is 11.8 Å². The third-order valence-corrected chi connectivity index (χ3v) is 4.99. The molecule has 1 heterocycles. The number of hydrogen-bond acceptors (Lipinski definition) is 4. The number of carbonyl (C=O) groups excluding carboxylic acids is 2. The summed E-state index contributed by atoms with van der Waals surface area (Å²) in [6, 6.07) is 0.715. The van der Waals surface area contributed by atoms with Crippen molar-refractivity contribution in [2.45, 2.75) is 51.1 Å². The first kappa shape index (κ1) is 13.9. The van der Waals surface area contributed by atoms with E-state index in [1.807, 2.05) is 4.90 Å². The number of nitrogens with zero attached hydrogens (tertiary/aromatic N) is 1. The van der Waals surface area contributed by atoms with Gasteiger partial charge in [0, 0.05) is 37.7 Å². The lowest BCUT2D eigenvalue weighted by Gasteiger charge is -2.33. The topological polar surface area (TPSA) is 63.4 Å². The second-order valence-corrected chi connectivity index (χ2v) is 6.68. The van der Waals surface area contributed by atoms with Gasteiger partial charge in [0.1, 0.15) is 0 Å². The molecule has 2 fully saturated rings. The third-order valence-electron chi connectivity index (χ3n) is 3.94. The summed E-state index contributed by atoms with van der Waals surface area (Å²) in [4.78, 5) is 25.0. The molecule has 0 aromatic heterocycles. The summed E-state index contributed by atoms with van der Waals surface area (Å²) >= 11 is 1.34. The molecule has 1 aliphatic carbocycles. The second-order valence-electron chi connectivity index (χ2n) is 5.49. The van der Waals surface area contributed by atoms with Crippen LogP contribution in [0, 0.1) is 5.92 Å². The molecule has 2 aliphatic rings. The minimum absolute atomic E-state index is 0.143. The highest BCUT2D eigenvalue weighted by Crippen LogP contribution is 2.29. The van der Waals surface area contributed by atoms with E-state index < -0.39 is 0 Å². The molecule has 0 bridgehead atoms. The Labute approximate surface area is 113 Å². The lowest BCUT2D eigenvalue weighted by Crippen LogP contribution is -2.41. The van der Waals surface area contributed by atoms with Gasteiger partial charge in [-0.15, -0.1) is 0 Å². The van der Waals surface area contributed by atoms with Gasteiger partial charge in [-0.1, -0.05) is 11.8 Å². The predicted molar refractivity (Wildman–Crippen MR) is 73.2 cm³/mol. The molecular formula is C13H22N2O2S. The Balaban J connectivity index is 1.83. The second kappa shape index (κ2) is 6.06. The van der Waals surface area contributed by atoms with E-state index in [2.05, 4.69) is 0 Å². The Hall–Kier alpha value is -0.550. The van der Waals surface area contributed by atoms with E-state index in [1.54, 1.807) is 6.92 Å². The Morgan fingerprint density at radius 1 is 1.39 bits per heavy atom. The maximum Gasteiger partial charge on any atom is 0.223 e. The maximum atomic E-state index is 12.0. The van der Waals surface area contributed by atoms with E-state index in [9.17, 15) is 9.59 Å². The number of likely N-dealkylation sites (tertiary alicyclic amines) is 1. The number of rotatable bonds is 3. The molecule has 1 atom stereocenters. The number of hydrogen-bond donors (Lipinski definition) is 1. The standard InChI is InChI=1S/C13H22N2O2S/c1-9(16)18-8-10-6-13(17)15(7-10)12-4-2-11(14)3-5-12/h10-12H,2-8,14H2,1H3. The van der Waals surface area contributed by atoms with E-state index >= 15 is 0 Å². The Kier molecular flexibility index (Phi) is 4.67. The van der Waals surface area contributed by atoms with Gasteiger partial charge >= 0.3 is 0 Å². The molecule has 2 N–H and O–H groups in total. The lowest BCUT2D eigenvalue weighted by atomic mass is 9.91. The summed E-state index contributed by atoms with van der Waals surface area (Å²) in [5.41, 5.74) is 5.89. The minimum Gasteiger partial charge on any atom is -0.339 e. The smallest absolute Gasteiger partial charge is 0.223 e. The zero-order valence-electron chi connectivity index (χ0n) is 10.9. The summed E-state index contributed by atoms with van der Waals surface area (Å²) < 4.78 is 0. The van der Waals surface area contributed by atoms with Gasteiger partial charge in [0.15, 0.2) is 5.12 Å². The van der Waals surface area contributed by atoms with Gasteiger partial charge in [0.05, 0.1) is 0 Å². The van der Waals surface area contributed by atoms with Crippen LogP contribution < -0.4 is 5.73 Å². The molecule has 0 aromatic carbocycles. The van der Waals surface area contributed by atoms with Gasteiger partial charge in [-0.05, 0) is 31.6 Å². The molecule has 5 heteroatoms. The summed E-state index contributed by atoms with van der Waals surface area (Å²) in [6.45, 7) is 2.42. The molecule has 0 aromatic rings. The predicted octanol–water partition coefficient (Wildman–Crippen LogP) is 1.38. The van der Waals surface area contributed by atoms with Crippen LogP contribution in [0.5, 0.6) is 0 Å². The first-order valence-electron chi connectivity index (χ1n) is 6.74. The fourth-order valence-electron chi connectivity index (χ4n) is 2.92. The largest absolute Gasteiger partial charge is 0.339 e. The molecule has 1 saturated carbocycles. The highest BCUT2D eigenvalue weighted by Gasteiger charge is 2.35. The minimum atomic E-state index is 0.143. The summed E-state index contributed by atoms with van der Waals surface area (Å²) in [7, 11) is 0. The van der Waals surface area contributed by atoms with Crippen molar-refractivity contribution in [1.82, 2.24) is 4.90 Å². The van der Waals surface area contributed by atoms with Crippen molar-refractivity contribution in [1.29, 1.82) is 0 Å². The fourth-order valence-corrected chi connectivity index (χ4v) is 3.62. The third kappa shape index (κ3) is 3.48. The fraction of sp³-hybridized carbons (Fsp3) is 0.846. The van der Waals surface area contributed by atoms with Crippen LogP contribution in [0.1, 0.15) is 39.0 Å². The van der Waals surface area contributed by atoms with Gasteiger partial charge in [-0.2, -0.15) is 0 Å². The summed E-state index contributed by atoms with van der Waals surface area (Å²) in [6.07, 6.45) is 4.75. The van der Waals surface area contributed by atoms with Crippen molar-refractivity contribution >= 4 is 22.8 Å². The van der Waals surface area contributed by atoms with Gasteiger partial charge in [0.2, 0.25) is 5.91 Å². The van der Waals surface area contributed by atoms with Crippen LogP contribution >= 0.6 is 11.8 Å². The molecule has 1 unspecified atom stereocenters. The first-order chi connectivity index (χ1) is 8.56. The molecule has 1 aliphatic heterocycles. The van der Waals surface area contributed by atoms with Gasteiger partial charge in [0.25, 0.3) is 0 Å². The number of nitrogens with two attached hydrogens (primary N) is 1. The van der Waals surface area contributed by atoms with Crippen molar-refractivity contribution in [2.75, 3.05) is 12.3 Å². The molecule has 1 amide bonds. The highest BCUT2D eigenvalue weighted by atomic mass is 32.2. The number of amides is 1. The van der Waals surface area contributed by atoms with Crippen LogP contribution in [0.3, 0.4) is 0 Å². The van der Waals surface area contributed by atoms with Crippen LogP contribution in [0.2, 0.25) is 0 Å². The van der Waals surface area contributed by atoms with E-state index in [0.29, 0.717) is 24.4 Å². The van der Waals surface area contributed by atoms with Crippen LogP contribution in [0.4, 0.5) is 0 Å². The van der Waals surface area contributed by atoms with Crippen molar-refractivity contribution in [2.24, 2.45) is 11.7 Å². The molecule has 0 spiro atoms. The van der Waals surface area contributed by atoms with E-state index in [0.717, 1.165) is 38.0 Å². The normalized spacial score (nSPS) is 32.9.